The smallest absolute Gasteiger partial charge is 0.254 e. The molecule has 3 aromatic heterocycles. The van der Waals surface area contributed by atoms with E-state index < -0.39 is 0 Å². The second kappa shape index (κ2) is 8.78. The second-order valence-electron chi connectivity index (χ2n) is 7.12. The number of benzene rings is 1. The number of nitrogens with zero attached hydrogens (tertiary/aromatic N) is 6. The van der Waals surface area contributed by atoms with E-state index in [1.807, 2.05) is 61.7 Å². The van der Waals surface area contributed by atoms with Crippen LogP contribution in [-0.2, 0) is 0 Å². The first-order valence-electron chi connectivity index (χ1n) is 9.99. The van der Waals surface area contributed by atoms with Gasteiger partial charge in [0.2, 0.25) is 0 Å². The van der Waals surface area contributed by atoms with Gasteiger partial charge in [-0.25, -0.2) is 19.6 Å². The molecule has 0 fully saturated rings. The van der Waals surface area contributed by atoms with Crippen molar-refractivity contribution in [3.63, 3.8) is 0 Å². The summed E-state index contributed by atoms with van der Waals surface area (Å²) < 4.78 is 3.67. The van der Waals surface area contributed by atoms with Crippen molar-refractivity contribution in [2.45, 2.75) is 20.8 Å². The predicted octanol–water partition coefficient (Wildman–Crippen LogP) is 2.62. The number of anilines is 1. The fourth-order valence-corrected chi connectivity index (χ4v) is 3.23. The largest absolute Gasteiger partial charge is 0.368 e. The first-order valence-corrected chi connectivity index (χ1v) is 9.99. The zero-order valence-corrected chi connectivity index (χ0v) is 17.7. The Hall–Kier alpha value is -4.01. The lowest BCUT2D eigenvalue weighted by Gasteiger charge is -2.09. The third kappa shape index (κ3) is 4.30. The van der Waals surface area contributed by atoms with Gasteiger partial charge < -0.3 is 10.6 Å². The van der Waals surface area contributed by atoms with Gasteiger partial charge in [0.25, 0.3) is 5.91 Å². The van der Waals surface area contributed by atoms with E-state index >= 15 is 0 Å². The van der Waals surface area contributed by atoms with Crippen molar-refractivity contribution in [3.8, 4) is 11.5 Å². The monoisotopic (exact) mass is 416 g/mol. The van der Waals surface area contributed by atoms with Crippen molar-refractivity contribution in [2.75, 3.05) is 18.4 Å². The summed E-state index contributed by atoms with van der Waals surface area (Å²) in [5.41, 5.74) is 4.26. The fourth-order valence-electron chi connectivity index (χ4n) is 3.23. The van der Waals surface area contributed by atoms with E-state index in [1.54, 1.807) is 17.2 Å². The highest BCUT2D eigenvalue weighted by molar-refractivity contribution is 5.95. The Bertz CT molecular complexity index is 1200. The zero-order valence-electron chi connectivity index (χ0n) is 17.7. The van der Waals surface area contributed by atoms with Crippen molar-refractivity contribution in [3.05, 3.63) is 77.9 Å². The number of nitrogens with one attached hydrogen (secondary N) is 2. The molecule has 0 saturated carbocycles. The van der Waals surface area contributed by atoms with Crippen LogP contribution >= 0.6 is 0 Å². The molecule has 0 aliphatic rings. The Labute approximate surface area is 180 Å². The minimum atomic E-state index is -0.158. The number of hydrogen-bond donors (Lipinski definition) is 2. The van der Waals surface area contributed by atoms with E-state index in [-0.39, 0.29) is 5.91 Å². The number of carbonyl (C=O) groups excluding carboxylic acids is 1. The molecular weight excluding hydrogens is 392 g/mol. The van der Waals surface area contributed by atoms with Crippen LogP contribution in [0.1, 0.15) is 27.4 Å². The summed E-state index contributed by atoms with van der Waals surface area (Å²) in [5, 5.41) is 10.5. The molecule has 3 heterocycles. The van der Waals surface area contributed by atoms with Gasteiger partial charge in [-0.15, -0.1) is 0 Å². The first-order chi connectivity index (χ1) is 15.0. The maximum absolute atomic E-state index is 12.6. The molecule has 0 unspecified atom stereocenters. The minimum absolute atomic E-state index is 0.158. The molecule has 31 heavy (non-hydrogen) atoms. The van der Waals surface area contributed by atoms with Crippen molar-refractivity contribution in [1.29, 1.82) is 0 Å². The molecule has 1 aromatic carbocycles. The normalized spacial score (nSPS) is 10.8. The second-order valence-corrected chi connectivity index (χ2v) is 7.12. The Kier molecular flexibility index (Phi) is 5.74. The van der Waals surface area contributed by atoms with Crippen LogP contribution in [0.25, 0.3) is 11.5 Å². The van der Waals surface area contributed by atoms with E-state index in [1.165, 1.54) is 6.33 Å². The number of carbonyl (C=O) groups is 1. The van der Waals surface area contributed by atoms with Crippen LogP contribution in [0.5, 0.6) is 0 Å². The molecule has 9 heteroatoms. The van der Waals surface area contributed by atoms with Crippen LogP contribution in [0.3, 0.4) is 0 Å². The number of rotatable bonds is 7. The molecule has 9 nitrogen and oxygen atoms in total. The summed E-state index contributed by atoms with van der Waals surface area (Å²) in [5.74, 6) is 1.26. The number of imidazole rings is 1. The van der Waals surface area contributed by atoms with Gasteiger partial charge in [-0.2, -0.15) is 5.10 Å². The van der Waals surface area contributed by atoms with E-state index in [0.717, 1.165) is 28.6 Å². The van der Waals surface area contributed by atoms with Crippen molar-refractivity contribution in [1.82, 2.24) is 34.6 Å². The molecule has 0 saturated heterocycles. The van der Waals surface area contributed by atoms with Gasteiger partial charge in [-0.1, -0.05) is 18.2 Å². The number of amides is 1. The molecule has 0 atom stereocenters. The molecule has 4 rings (SSSR count). The average Bonchev–Trinajstić information content (AvgIpc) is 3.34. The maximum Gasteiger partial charge on any atom is 0.254 e. The fraction of sp³-hybridized carbons (Fsp3) is 0.227. The standard InChI is InChI=1S/C22H24N8O/c1-15-16(2)29(14-27-15)21-11-20(25-13-26-21)23-9-10-24-22(31)19-12-28-30(17(19)3)18-7-5-4-6-8-18/h4-8,11-14H,9-10H2,1-3H3,(H,24,31)(H,23,25,26). The summed E-state index contributed by atoms with van der Waals surface area (Å²) in [6.07, 6.45) is 4.85. The number of aromatic nitrogens is 6. The molecule has 0 aliphatic heterocycles. The number of aryl methyl sites for hydroxylation is 1. The summed E-state index contributed by atoms with van der Waals surface area (Å²) in [6, 6.07) is 11.6. The summed E-state index contributed by atoms with van der Waals surface area (Å²) in [7, 11) is 0. The van der Waals surface area contributed by atoms with Crippen LogP contribution in [0, 0.1) is 20.8 Å². The van der Waals surface area contributed by atoms with Gasteiger partial charge in [0.1, 0.15) is 24.3 Å². The molecule has 0 aliphatic carbocycles. The molecule has 2 N–H and O–H groups in total. The summed E-state index contributed by atoms with van der Waals surface area (Å²) >= 11 is 0. The van der Waals surface area contributed by atoms with E-state index in [4.69, 9.17) is 0 Å². The molecule has 0 spiro atoms. The van der Waals surface area contributed by atoms with Crippen LogP contribution in [0.2, 0.25) is 0 Å². The minimum Gasteiger partial charge on any atom is -0.368 e. The van der Waals surface area contributed by atoms with Crippen molar-refractivity contribution < 1.29 is 4.79 Å². The molecule has 158 valence electrons. The van der Waals surface area contributed by atoms with Gasteiger partial charge in [-0.05, 0) is 32.9 Å². The van der Waals surface area contributed by atoms with E-state index in [9.17, 15) is 4.79 Å². The summed E-state index contributed by atoms with van der Waals surface area (Å²) in [6.45, 7) is 6.80. The predicted molar refractivity (Wildman–Crippen MR) is 118 cm³/mol. The summed E-state index contributed by atoms with van der Waals surface area (Å²) in [4.78, 5) is 25.4. The Morgan fingerprint density at radius 1 is 1.00 bits per heavy atom. The van der Waals surface area contributed by atoms with Crippen LogP contribution in [0.15, 0.2) is 55.2 Å². The highest BCUT2D eigenvalue weighted by Gasteiger charge is 2.14. The first kappa shape index (κ1) is 20.3. The third-order valence-corrected chi connectivity index (χ3v) is 5.12. The average molecular weight is 416 g/mol. The molecule has 1 amide bonds. The van der Waals surface area contributed by atoms with Gasteiger partial charge >= 0.3 is 0 Å². The quantitative estimate of drug-likeness (QED) is 0.449. The van der Waals surface area contributed by atoms with Gasteiger partial charge in [0, 0.05) is 24.8 Å². The van der Waals surface area contributed by atoms with Gasteiger partial charge in [0.05, 0.1) is 28.8 Å². The van der Waals surface area contributed by atoms with Crippen molar-refractivity contribution in [2.24, 2.45) is 0 Å². The zero-order chi connectivity index (χ0) is 21.8. The lowest BCUT2D eigenvalue weighted by molar-refractivity contribution is 0.0954. The van der Waals surface area contributed by atoms with E-state index in [0.29, 0.717) is 24.5 Å². The molecule has 0 radical (unpaired) electrons. The Morgan fingerprint density at radius 3 is 2.55 bits per heavy atom. The van der Waals surface area contributed by atoms with Crippen LogP contribution in [0.4, 0.5) is 5.82 Å². The van der Waals surface area contributed by atoms with Crippen molar-refractivity contribution >= 4 is 11.7 Å². The van der Waals surface area contributed by atoms with Crippen LogP contribution < -0.4 is 10.6 Å². The highest BCUT2D eigenvalue weighted by atomic mass is 16.1. The SMILES string of the molecule is Cc1ncn(-c2cc(NCCNC(=O)c3cnn(-c4ccccc4)c3C)ncn2)c1C. The Morgan fingerprint density at radius 2 is 1.81 bits per heavy atom. The molecule has 4 aromatic rings. The molecule has 0 bridgehead atoms. The number of para-hydroxylation sites is 1. The highest BCUT2D eigenvalue weighted by Crippen LogP contribution is 2.15. The van der Waals surface area contributed by atoms with E-state index in [2.05, 4.69) is 30.7 Å². The maximum atomic E-state index is 12.6. The number of hydrogen-bond acceptors (Lipinski definition) is 6. The topological polar surface area (TPSA) is 103 Å². The van der Waals surface area contributed by atoms with Gasteiger partial charge in [-0.3, -0.25) is 9.36 Å². The Balaban J connectivity index is 1.33. The van der Waals surface area contributed by atoms with Crippen LogP contribution in [-0.4, -0.2) is 48.3 Å². The third-order valence-electron chi connectivity index (χ3n) is 5.12. The lowest BCUT2D eigenvalue weighted by atomic mass is 10.2. The molecular formula is C22H24N8O. The van der Waals surface area contributed by atoms with Gasteiger partial charge in [0.15, 0.2) is 0 Å². The lowest BCUT2D eigenvalue weighted by Crippen LogP contribution is -2.29.